The molecule has 1 unspecified atom stereocenters. The second-order valence-electron chi connectivity index (χ2n) is 10.2. The van der Waals surface area contributed by atoms with Crippen molar-refractivity contribution >= 4 is 50.3 Å². The summed E-state index contributed by atoms with van der Waals surface area (Å²) in [6.45, 7) is 3.36. The van der Waals surface area contributed by atoms with Crippen LogP contribution in [0.2, 0.25) is 0 Å². The number of para-hydroxylation sites is 1. The first-order valence-corrected chi connectivity index (χ1v) is 16.0. The Bertz CT molecular complexity index is 1730. The van der Waals surface area contributed by atoms with Gasteiger partial charge in [-0.15, -0.1) is 0 Å². The number of aromatic nitrogens is 2. The van der Waals surface area contributed by atoms with E-state index in [4.69, 9.17) is 21.7 Å². The fraction of sp³-hybridized carbons (Fsp3) is 0.233. The highest BCUT2D eigenvalue weighted by molar-refractivity contribution is 8.26. The van der Waals surface area contributed by atoms with E-state index in [1.165, 1.54) is 16.7 Å². The average molecular weight is 605 g/mol. The molecule has 2 aliphatic rings. The van der Waals surface area contributed by atoms with Crippen LogP contribution in [0.25, 0.3) is 23.0 Å². The molecule has 0 aliphatic carbocycles. The first kappa shape index (κ1) is 27.6. The minimum Gasteiger partial charge on any atom is -0.467 e. The van der Waals surface area contributed by atoms with Crippen LogP contribution in [0, 0.1) is 5.92 Å². The molecule has 0 radical (unpaired) electrons. The van der Waals surface area contributed by atoms with Crippen molar-refractivity contribution < 1.29 is 17.6 Å². The van der Waals surface area contributed by atoms with E-state index in [0.29, 0.717) is 50.8 Å². The van der Waals surface area contributed by atoms with Crippen LogP contribution in [-0.2, 0) is 21.4 Å². The third-order valence-electron chi connectivity index (χ3n) is 7.18. The van der Waals surface area contributed by atoms with Gasteiger partial charge in [-0.3, -0.25) is 9.69 Å². The van der Waals surface area contributed by atoms with Crippen molar-refractivity contribution in [3.05, 3.63) is 95.4 Å². The number of furan rings is 1. The van der Waals surface area contributed by atoms with Gasteiger partial charge >= 0.3 is 0 Å². The van der Waals surface area contributed by atoms with Crippen molar-refractivity contribution in [3.8, 4) is 16.9 Å². The smallest absolute Gasteiger partial charge is 0.266 e. The Morgan fingerprint density at radius 1 is 1.12 bits per heavy atom. The summed E-state index contributed by atoms with van der Waals surface area (Å²) in [5.41, 5.74) is 2.72. The summed E-state index contributed by atoms with van der Waals surface area (Å²) in [4.78, 5) is 15.6. The van der Waals surface area contributed by atoms with Gasteiger partial charge in [-0.2, -0.15) is 9.40 Å². The molecule has 2 aromatic carbocycles. The predicted molar refractivity (Wildman–Crippen MR) is 164 cm³/mol. The molecular formula is C30H28N4O4S3. The summed E-state index contributed by atoms with van der Waals surface area (Å²) in [6, 6.07) is 20.1. The molecule has 2 saturated heterocycles. The van der Waals surface area contributed by atoms with Gasteiger partial charge < -0.3 is 4.42 Å². The zero-order valence-corrected chi connectivity index (χ0v) is 24.8. The summed E-state index contributed by atoms with van der Waals surface area (Å²) >= 11 is 6.74. The van der Waals surface area contributed by atoms with Crippen molar-refractivity contribution in [2.45, 2.75) is 31.2 Å². The maximum Gasteiger partial charge on any atom is 0.266 e. The zero-order valence-electron chi connectivity index (χ0n) is 22.3. The van der Waals surface area contributed by atoms with Crippen molar-refractivity contribution in [1.82, 2.24) is 19.0 Å². The number of carbonyl (C=O) groups is 1. The number of thioether (sulfide) groups is 1. The van der Waals surface area contributed by atoms with E-state index in [2.05, 4.69) is 6.92 Å². The highest BCUT2D eigenvalue weighted by Gasteiger charge is 2.33. The second kappa shape index (κ2) is 11.4. The highest BCUT2D eigenvalue weighted by atomic mass is 32.2. The van der Waals surface area contributed by atoms with Crippen molar-refractivity contribution in [1.29, 1.82) is 0 Å². The topological polar surface area (TPSA) is 88.7 Å². The number of thiocarbonyl (C=S) groups is 1. The average Bonchev–Trinajstić information content (AvgIpc) is 3.71. The molecule has 6 rings (SSSR count). The lowest BCUT2D eigenvalue weighted by atomic mass is 10.0. The molecular weight excluding hydrogens is 577 g/mol. The lowest BCUT2D eigenvalue weighted by molar-refractivity contribution is -0.122. The van der Waals surface area contributed by atoms with E-state index in [0.717, 1.165) is 18.5 Å². The summed E-state index contributed by atoms with van der Waals surface area (Å²) in [6.07, 6.45) is 7.06. The van der Waals surface area contributed by atoms with Crippen LogP contribution < -0.4 is 0 Å². The van der Waals surface area contributed by atoms with Gasteiger partial charge in [0.15, 0.2) is 0 Å². The van der Waals surface area contributed by atoms with E-state index in [1.807, 2.05) is 42.6 Å². The van der Waals surface area contributed by atoms with Crippen molar-refractivity contribution in [3.63, 3.8) is 0 Å². The predicted octanol–water partition coefficient (Wildman–Crippen LogP) is 5.95. The van der Waals surface area contributed by atoms with Gasteiger partial charge in [0.05, 0.1) is 28.3 Å². The fourth-order valence-electron chi connectivity index (χ4n) is 5.08. The molecule has 41 heavy (non-hydrogen) atoms. The Morgan fingerprint density at radius 2 is 1.95 bits per heavy atom. The number of amides is 1. The Kier molecular flexibility index (Phi) is 7.69. The molecule has 210 valence electrons. The van der Waals surface area contributed by atoms with Gasteiger partial charge in [-0.25, -0.2) is 13.1 Å². The van der Waals surface area contributed by atoms with Crippen LogP contribution in [0.1, 0.15) is 31.1 Å². The van der Waals surface area contributed by atoms with Crippen LogP contribution in [0.3, 0.4) is 0 Å². The largest absolute Gasteiger partial charge is 0.467 e. The first-order valence-electron chi connectivity index (χ1n) is 13.3. The second-order valence-corrected chi connectivity index (χ2v) is 13.8. The van der Waals surface area contributed by atoms with Crippen LogP contribution in [0.5, 0.6) is 0 Å². The summed E-state index contributed by atoms with van der Waals surface area (Å²) < 4.78 is 36.3. The number of nitrogens with zero attached hydrogens (tertiary/aromatic N) is 4. The Morgan fingerprint density at radius 3 is 2.71 bits per heavy atom. The molecule has 0 spiro atoms. The molecule has 4 heterocycles. The number of carbonyl (C=O) groups excluding carboxylic acids is 1. The molecule has 4 aromatic rings. The van der Waals surface area contributed by atoms with E-state index in [1.54, 1.807) is 51.7 Å². The summed E-state index contributed by atoms with van der Waals surface area (Å²) in [5, 5.41) is 4.85. The minimum absolute atomic E-state index is 0.217. The molecule has 2 aromatic heterocycles. The van der Waals surface area contributed by atoms with Crippen LogP contribution in [-0.4, -0.2) is 50.7 Å². The Hall–Kier alpha value is -3.51. The number of hydrogen-bond acceptors (Lipinski definition) is 7. The quantitative estimate of drug-likeness (QED) is 0.190. The van der Waals surface area contributed by atoms with E-state index in [-0.39, 0.29) is 17.3 Å². The van der Waals surface area contributed by atoms with Crippen molar-refractivity contribution in [2.75, 3.05) is 13.1 Å². The molecule has 1 amide bonds. The van der Waals surface area contributed by atoms with Gasteiger partial charge in [-0.1, -0.05) is 61.2 Å². The molecule has 11 heteroatoms. The number of rotatable bonds is 7. The normalized spacial score (nSPS) is 19.4. The van der Waals surface area contributed by atoms with Crippen LogP contribution in [0.4, 0.5) is 0 Å². The minimum atomic E-state index is -3.66. The number of benzene rings is 2. The third-order valence-corrected chi connectivity index (χ3v) is 10.4. The number of hydrogen-bond donors (Lipinski definition) is 0. The molecule has 8 nitrogen and oxygen atoms in total. The molecule has 0 N–H and O–H groups in total. The molecule has 0 saturated carbocycles. The maximum absolute atomic E-state index is 13.6. The monoisotopic (exact) mass is 604 g/mol. The standard InChI is InChI=1S/C30H28N4O4S3/c1-21-8-6-14-32(18-21)41(36,37)26-13-5-9-22(16-26)28-23(19-34(31-28)24-10-3-2-4-11-24)17-27-29(35)33(30(39)40-27)20-25-12-7-15-38-25/h2-5,7,9-13,15-17,19,21H,6,8,14,18,20H2,1H3. The summed E-state index contributed by atoms with van der Waals surface area (Å²) in [5.74, 6) is 0.744. The molecule has 1 atom stereocenters. The number of piperidine rings is 1. The Labute approximate surface area is 248 Å². The van der Waals surface area contributed by atoms with E-state index < -0.39 is 10.0 Å². The fourth-order valence-corrected chi connectivity index (χ4v) is 7.97. The maximum atomic E-state index is 13.6. The first-order chi connectivity index (χ1) is 19.8. The SMILES string of the molecule is CC1CCCN(S(=O)(=O)c2cccc(-c3nn(-c4ccccc4)cc3C=C3SC(=S)N(Cc4ccco4)C3=O)c2)C1. The lowest BCUT2D eigenvalue weighted by Gasteiger charge is -2.30. The van der Waals surface area contributed by atoms with Gasteiger partial charge in [-0.05, 0) is 61.2 Å². The third kappa shape index (κ3) is 5.67. The van der Waals surface area contributed by atoms with Crippen LogP contribution >= 0.6 is 24.0 Å². The van der Waals surface area contributed by atoms with Gasteiger partial charge in [0.1, 0.15) is 15.8 Å². The Balaban J connectivity index is 1.39. The molecule has 2 fully saturated rings. The number of sulfonamides is 1. The molecule has 0 bridgehead atoms. The lowest BCUT2D eigenvalue weighted by Crippen LogP contribution is -2.39. The van der Waals surface area contributed by atoms with Crippen LogP contribution in [0.15, 0.2) is 93.4 Å². The van der Waals surface area contributed by atoms with Gasteiger partial charge in [0.25, 0.3) is 5.91 Å². The zero-order chi connectivity index (χ0) is 28.6. The summed E-state index contributed by atoms with van der Waals surface area (Å²) in [7, 11) is -3.66. The van der Waals surface area contributed by atoms with E-state index >= 15 is 0 Å². The van der Waals surface area contributed by atoms with Crippen molar-refractivity contribution in [2.24, 2.45) is 5.92 Å². The van der Waals surface area contributed by atoms with Gasteiger partial charge in [0.2, 0.25) is 10.0 Å². The van der Waals surface area contributed by atoms with Gasteiger partial charge in [0, 0.05) is 30.4 Å². The van der Waals surface area contributed by atoms with E-state index in [9.17, 15) is 13.2 Å². The molecule has 2 aliphatic heterocycles. The highest BCUT2D eigenvalue weighted by Crippen LogP contribution is 2.36.